The van der Waals surface area contributed by atoms with Crippen molar-refractivity contribution in [2.24, 2.45) is 16.8 Å². The second-order valence-corrected chi connectivity index (χ2v) is 6.30. The number of nitrogens with zero attached hydrogens (tertiary/aromatic N) is 2. The average Bonchev–Trinajstić information content (AvgIpc) is 3.13. The number of carbonyl (C=O) groups is 1. The highest BCUT2D eigenvalue weighted by atomic mass is 16.2. The van der Waals surface area contributed by atoms with Crippen molar-refractivity contribution in [3.05, 3.63) is 0 Å². The zero-order valence-electron chi connectivity index (χ0n) is 13.0. The maximum atomic E-state index is 12.0. The third kappa shape index (κ3) is 4.39. The lowest BCUT2D eigenvalue weighted by Crippen LogP contribution is -2.45. The summed E-state index contributed by atoms with van der Waals surface area (Å²) in [5, 5.41) is 6.80. The summed E-state index contributed by atoms with van der Waals surface area (Å²) in [5.74, 6) is 2.15. The summed E-state index contributed by atoms with van der Waals surface area (Å²) in [6.45, 7) is 6.56. The van der Waals surface area contributed by atoms with Gasteiger partial charge in [-0.25, -0.2) is 0 Å². The van der Waals surface area contributed by atoms with Gasteiger partial charge in [-0.1, -0.05) is 26.7 Å². The Kier molecular flexibility index (Phi) is 5.26. The Morgan fingerprint density at radius 1 is 1.35 bits per heavy atom. The number of rotatable bonds is 5. The molecule has 114 valence electrons. The van der Waals surface area contributed by atoms with Gasteiger partial charge in [0.05, 0.1) is 0 Å². The fraction of sp³-hybridized carbons (Fsp3) is 0.867. The smallest absolute Gasteiger partial charge is 0.225 e. The molecule has 2 rings (SSSR count). The van der Waals surface area contributed by atoms with E-state index in [4.69, 9.17) is 0 Å². The van der Waals surface area contributed by atoms with Crippen molar-refractivity contribution in [1.82, 2.24) is 15.5 Å². The van der Waals surface area contributed by atoms with Gasteiger partial charge < -0.3 is 15.5 Å². The zero-order valence-corrected chi connectivity index (χ0v) is 13.0. The Labute approximate surface area is 122 Å². The van der Waals surface area contributed by atoms with Crippen LogP contribution in [-0.4, -0.2) is 49.5 Å². The van der Waals surface area contributed by atoms with Gasteiger partial charge in [-0.05, 0) is 18.8 Å². The van der Waals surface area contributed by atoms with Gasteiger partial charge in [-0.2, -0.15) is 0 Å². The van der Waals surface area contributed by atoms with Gasteiger partial charge in [0.2, 0.25) is 5.91 Å². The van der Waals surface area contributed by atoms with Gasteiger partial charge in [0.25, 0.3) is 0 Å². The van der Waals surface area contributed by atoms with E-state index in [9.17, 15) is 4.79 Å². The molecule has 2 N–H and O–H groups in total. The molecule has 1 heterocycles. The summed E-state index contributed by atoms with van der Waals surface area (Å²) in [4.78, 5) is 18.2. The van der Waals surface area contributed by atoms with Crippen LogP contribution in [-0.2, 0) is 4.79 Å². The van der Waals surface area contributed by atoms with E-state index in [0.29, 0.717) is 6.04 Å². The van der Waals surface area contributed by atoms with Gasteiger partial charge in [-0.3, -0.25) is 9.79 Å². The van der Waals surface area contributed by atoms with Crippen molar-refractivity contribution in [2.45, 2.75) is 45.6 Å². The molecule has 1 aliphatic heterocycles. The monoisotopic (exact) mass is 280 g/mol. The Morgan fingerprint density at radius 3 is 2.70 bits per heavy atom. The first-order valence-electron chi connectivity index (χ1n) is 7.86. The molecule has 0 radical (unpaired) electrons. The van der Waals surface area contributed by atoms with Crippen LogP contribution in [0.2, 0.25) is 0 Å². The van der Waals surface area contributed by atoms with Crippen LogP contribution in [0.4, 0.5) is 0 Å². The highest BCUT2D eigenvalue weighted by Crippen LogP contribution is 2.31. The second kappa shape index (κ2) is 6.95. The van der Waals surface area contributed by atoms with Crippen molar-refractivity contribution in [3.63, 3.8) is 0 Å². The topological polar surface area (TPSA) is 56.7 Å². The van der Waals surface area contributed by atoms with Crippen molar-refractivity contribution in [1.29, 1.82) is 0 Å². The third-order valence-corrected chi connectivity index (χ3v) is 4.10. The molecule has 1 atom stereocenters. The van der Waals surface area contributed by atoms with E-state index < -0.39 is 0 Å². The molecule has 0 aromatic heterocycles. The van der Waals surface area contributed by atoms with E-state index in [1.807, 2.05) is 18.7 Å². The van der Waals surface area contributed by atoms with Gasteiger partial charge >= 0.3 is 0 Å². The molecular weight excluding hydrogens is 252 g/mol. The Morgan fingerprint density at radius 2 is 2.10 bits per heavy atom. The molecule has 1 aliphatic carbocycles. The molecule has 1 saturated heterocycles. The van der Waals surface area contributed by atoms with E-state index in [1.54, 1.807) is 7.05 Å². The lowest BCUT2D eigenvalue weighted by atomic mass is 10.2. The zero-order chi connectivity index (χ0) is 14.5. The first kappa shape index (κ1) is 15.1. The molecule has 5 nitrogen and oxygen atoms in total. The van der Waals surface area contributed by atoms with Crippen molar-refractivity contribution in [3.8, 4) is 0 Å². The minimum atomic E-state index is 0.0877. The van der Waals surface area contributed by atoms with Crippen LogP contribution in [0.1, 0.15) is 39.5 Å². The maximum Gasteiger partial charge on any atom is 0.225 e. The summed E-state index contributed by atoms with van der Waals surface area (Å²) in [6.07, 6.45) is 5.02. The number of hydrogen-bond acceptors (Lipinski definition) is 2. The van der Waals surface area contributed by atoms with Crippen molar-refractivity contribution in [2.75, 3.05) is 26.7 Å². The molecule has 1 unspecified atom stereocenters. The number of aliphatic imine (C=N–C) groups is 1. The summed E-state index contributed by atoms with van der Waals surface area (Å²) in [7, 11) is 1.80. The molecule has 1 amide bonds. The fourth-order valence-electron chi connectivity index (χ4n) is 2.63. The summed E-state index contributed by atoms with van der Waals surface area (Å²) < 4.78 is 0. The first-order valence-corrected chi connectivity index (χ1v) is 7.86. The quantitative estimate of drug-likeness (QED) is 0.588. The normalized spacial score (nSPS) is 23.3. The minimum absolute atomic E-state index is 0.0877. The lowest BCUT2D eigenvalue weighted by molar-refractivity contribution is -0.133. The third-order valence-electron chi connectivity index (χ3n) is 4.10. The molecule has 0 spiro atoms. The standard InChI is InChI=1S/C15H28N4O/c1-11(2)14(20)19-9-7-13(10-19)18-15(16-3)17-8-6-12-4-5-12/h11-13H,4-10H2,1-3H3,(H2,16,17,18). The summed E-state index contributed by atoms with van der Waals surface area (Å²) in [5.41, 5.74) is 0. The summed E-state index contributed by atoms with van der Waals surface area (Å²) in [6, 6.07) is 0.324. The minimum Gasteiger partial charge on any atom is -0.356 e. The Bertz CT molecular complexity index is 363. The molecule has 1 saturated carbocycles. The van der Waals surface area contributed by atoms with Crippen LogP contribution < -0.4 is 10.6 Å². The highest BCUT2D eigenvalue weighted by molar-refractivity contribution is 5.81. The van der Waals surface area contributed by atoms with Gasteiger partial charge in [0.15, 0.2) is 5.96 Å². The Hall–Kier alpha value is -1.26. The van der Waals surface area contributed by atoms with Gasteiger partial charge in [-0.15, -0.1) is 0 Å². The van der Waals surface area contributed by atoms with E-state index in [2.05, 4.69) is 15.6 Å². The maximum absolute atomic E-state index is 12.0. The van der Waals surface area contributed by atoms with E-state index in [0.717, 1.165) is 37.9 Å². The van der Waals surface area contributed by atoms with Gasteiger partial charge in [0, 0.05) is 38.6 Å². The predicted octanol–water partition coefficient (Wildman–Crippen LogP) is 1.21. The number of hydrogen-bond donors (Lipinski definition) is 2. The fourth-order valence-corrected chi connectivity index (χ4v) is 2.63. The molecular formula is C15H28N4O. The largest absolute Gasteiger partial charge is 0.356 e. The van der Waals surface area contributed by atoms with Crippen LogP contribution in [0.25, 0.3) is 0 Å². The van der Waals surface area contributed by atoms with E-state index >= 15 is 0 Å². The molecule has 20 heavy (non-hydrogen) atoms. The van der Waals surface area contributed by atoms with Crippen LogP contribution in [0.3, 0.4) is 0 Å². The van der Waals surface area contributed by atoms with Gasteiger partial charge in [0.1, 0.15) is 0 Å². The van der Waals surface area contributed by atoms with Crippen molar-refractivity contribution < 1.29 is 4.79 Å². The molecule has 0 aromatic carbocycles. The number of likely N-dealkylation sites (tertiary alicyclic amines) is 1. The number of carbonyl (C=O) groups excluding carboxylic acids is 1. The molecule has 5 heteroatoms. The first-order chi connectivity index (χ1) is 9.60. The molecule has 0 aromatic rings. The van der Waals surface area contributed by atoms with Crippen LogP contribution in [0.5, 0.6) is 0 Å². The SMILES string of the molecule is CN=C(NCCC1CC1)NC1CCN(C(=O)C(C)C)C1. The van der Waals surface area contributed by atoms with Crippen LogP contribution in [0, 0.1) is 11.8 Å². The van der Waals surface area contributed by atoms with E-state index in [1.165, 1.54) is 19.3 Å². The number of amides is 1. The number of nitrogens with one attached hydrogen (secondary N) is 2. The highest BCUT2D eigenvalue weighted by Gasteiger charge is 2.28. The predicted molar refractivity (Wildman–Crippen MR) is 81.7 cm³/mol. The molecule has 2 fully saturated rings. The van der Waals surface area contributed by atoms with E-state index in [-0.39, 0.29) is 11.8 Å². The molecule has 2 aliphatic rings. The molecule has 0 bridgehead atoms. The average molecular weight is 280 g/mol. The van der Waals surface area contributed by atoms with Crippen LogP contribution >= 0.6 is 0 Å². The summed E-state index contributed by atoms with van der Waals surface area (Å²) >= 11 is 0. The second-order valence-electron chi connectivity index (χ2n) is 6.30. The lowest BCUT2D eigenvalue weighted by Gasteiger charge is -2.20. The van der Waals surface area contributed by atoms with Crippen molar-refractivity contribution >= 4 is 11.9 Å². The number of guanidine groups is 1. The Balaban J connectivity index is 1.70. The van der Waals surface area contributed by atoms with Crippen LogP contribution in [0.15, 0.2) is 4.99 Å².